The summed E-state index contributed by atoms with van der Waals surface area (Å²) in [6.45, 7) is 6.79. The van der Waals surface area contributed by atoms with E-state index in [1.54, 1.807) is 6.07 Å². The zero-order chi connectivity index (χ0) is 22.8. The number of halogens is 3. The van der Waals surface area contributed by atoms with E-state index < -0.39 is 23.7 Å². The lowest BCUT2D eigenvalue weighted by atomic mass is 9.88. The standard InChI is InChI=1S/C22H28F3N5O/c1-21(2,3)12-16(20(26)31)29-18-11-19(28-13-27-18)30-10-4-5-17(30)14-6-8-15(9-7-14)22(23,24)25/h6-9,11,13,16-17H,4-5,10,12H2,1-3H3,(H2,26,31)(H,27,28,29)/t16-,17?/m1/s1. The average Bonchev–Trinajstić information content (AvgIpc) is 3.16. The lowest BCUT2D eigenvalue weighted by Crippen LogP contribution is -2.38. The first-order chi connectivity index (χ1) is 14.4. The number of carbonyl (C=O) groups excluding carboxylic acids is 1. The van der Waals surface area contributed by atoms with E-state index in [2.05, 4.69) is 20.2 Å². The Labute approximate surface area is 180 Å². The van der Waals surface area contributed by atoms with E-state index in [0.29, 0.717) is 18.1 Å². The molecule has 9 heteroatoms. The Hall–Kier alpha value is -2.84. The largest absolute Gasteiger partial charge is 0.416 e. The van der Waals surface area contributed by atoms with E-state index in [0.717, 1.165) is 37.1 Å². The van der Waals surface area contributed by atoms with Crippen LogP contribution >= 0.6 is 0 Å². The van der Waals surface area contributed by atoms with E-state index in [1.807, 2.05) is 20.8 Å². The number of amides is 1. The summed E-state index contributed by atoms with van der Waals surface area (Å²) in [7, 11) is 0. The summed E-state index contributed by atoms with van der Waals surface area (Å²) in [5.41, 5.74) is 5.60. The molecule has 1 aromatic carbocycles. The van der Waals surface area contributed by atoms with Gasteiger partial charge in [-0.05, 0) is 42.4 Å². The summed E-state index contributed by atoms with van der Waals surface area (Å²) in [5, 5.41) is 3.10. The highest BCUT2D eigenvalue weighted by Crippen LogP contribution is 2.37. The lowest BCUT2D eigenvalue weighted by Gasteiger charge is -2.28. The monoisotopic (exact) mass is 435 g/mol. The normalized spacial score (nSPS) is 18.1. The number of primary amides is 1. The predicted octanol–water partition coefficient (Wildman–Crippen LogP) is 4.54. The molecule has 0 aliphatic carbocycles. The molecule has 2 heterocycles. The van der Waals surface area contributed by atoms with Gasteiger partial charge in [-0.3, -0.25) is 4.79 Å². The van der Waals surface area contributed by atoms with Crippen LogP contribution in [-0.4, -0.2) is 28.5 Å². The first-order valence-electron chi connectivity index (χ1n) is 10.3. The lowest BCUT2D eigenvalue weighted by molar-refractivity contribution is -0.137. The fourth-order valence-electron chi connectivity index (χ4n) is 3.88. The van der Waals surface area contributed by atoms with Gasteiger partial charge in [-0.1, -0.05) is 32.9 Å². The van der Waals surface area contributed by atoms with Crippen LogP contribution < -0.4 is 16.0 Å². The van der Waals surface area contributed by atoms with Gasteiger partial charge < -0.3 is 16.0 Å². The summed E-state index contributed by atoms with van der Waals surface area (Å²) >= 11 is 0. The van der Waals surface area contributed by atoms with Crippen LogP contribution in [0.2, 0.25) is 0 Å². The third-order valence-electron chi connectivity index (χ3n) is 5.30. The second-order valence-electron chi connectivity index (χ2n) is 9.10. The minimum Gasteiger partial charge on any atom is -0.368 e. The fourth-order valence-corrected chi connectivity index (χ4v) is 3.88. The van der Waals surface area contributed by atoms with E-state index in [4.69, 9.17) is 5.73 Å². The number of alkyl halides is 3. The molecule has 31 heavy (non-hydrogen) atoms. The van der Waals surface area contributed by atoms with Gasteiger partial charge in [0.25, 0.3) is 0 Å². The van der Waals surface area contributed by atoms with Crippen molar-refractivity contribution in [3.05, 3.63) is 47.8 Å². The van der Waals surface area contributed by atoms with Gasteiger partial charge in [0.1, 0.15) is 24.0 Å². The van der Waals surface area contributed by atoms with E-state index >= 15 is 0 Å². The number of nitrogens with one attached hydrogen (secondary N) is 1. The third-order valence-corrected chi connectivity index (χ3v) is 5.30. The number of nitrogens with zero attached hydrogens (tertiary/aromatic N) is 3. The van der Waals surface area contributed by atoms with E-state index in [1.165, 1.54) is 18.5 Å². The quantitative estimate of drug-likeness (QED) is 0.696. The third kappa shape index (κ3) is 5.86. The molecule has 1 aliphatic rings. The summed E-state index contributed by atoms with van der Waals surface area (Å²) in [4.78, 5) is 22.5. The molecule has 3 N–H and O–H groups in total. The van der Waals surface area contributed by atoms with Gasteiger partial charge in [-0.15, -0.1) is 0 Å². The highest BCUT2D eigenvalue weighted by molar-refractivity contribution is 5.82. The molecule has 0 radical (unpaired) electrons. The Balaban J connectivity index is 1.80. The molecule has 0 bridgehead atoms. The van der Waals surface area contributed by atoms with Crippen LogP contribution in [0.5, 0.6) is 0 Å². The molecule has 0 saturated carbocycles. The van der Waals surface area contributed by atoms with Gasteiger partial charge in [0.15, 0.2) is 0 Å². The van der Waals surface area contributed by atoms with Crippen LogP contribution in [-0.2, 0) is 11.0 Å². The van der Waals surface area contributed by atoms with Crippen LogP contribution in [0.4, 0.5) is 24.8 Å². The molecule has 3 rings (SSSR count). The minimum absolute atomic E-state index is 0.0773. The van der Waals surface area contributed by atoms with Crippen LogP contribution in [0.15, 0.2) is 36.7 Å². The van der Waals surface area contributed by atoms with Crippen LogP contribution in [0.3, 0.4) is 0 Å². The molecule has 2 aromatic rings. The molecular weight excluding hydrogens is 407 g/mol. The molecular formula is C22H28F3N5O. The molecule has 1 unspecified atom stereocenters. The Morgan fingerprint density at radius 1 is 1.23 bits per heavy atom. The van der Waals surface area contributed by atoms with Crippen LogP contribution in [0, 0.1) is 5.41 Å². The van der Waals surface area contributed by atoms with Crippen molar-refractivity contribution in [2.75, 3.05) is 16.8 Å². The van der Waals surface area contributed by atoms with Crippen molar-refractivity contribution in [2.45, 2.75) is 58.3 Å². The van der Waals surface area contributed by atoms with Gasteiger partial charge in [0, 0.05) is 12.6 Å². The molecule has 2 atom stereocenters. The van der Waals surface area contributed by atoms with Gasteiger partial charge in [-0.25, -0.2) is 9.97 Å². The number of anilines is 2. The highest BCUT2D eigenvalue weighted by atomic mass is 19.4. The Morgan fingerprint density at radius 3 is 2.48 bits per heavy atom. The maximum Gasteiger partial charge on any atom is 0.416 e. The van der Waals surface area contributed by atoms with Crippen molar-refractivity contribution in [2.24, 2.45) is 11.1 Å². The van der Waals surface area contributed by atoms with E-state index in [9.17, 15) is 18.0 Å². The zero-order valence-electron chi connectivity index (χ0n) is 17.9. The molecule has 6 nitrogen and oxygen atoms in total. The Bertz CT molecular complexity index is 909. The van der Waals surface area contributed by atoms with Crippen molar-refractivity contribution in [3.8, 4) is 0 Å². The maximum absolute atomic E-state index is 12.9. The Kier molecular flexibility index (Phi) is 6.43. The summed E-state index contributed by atoms with van der Waals surface area (Å²) < 4.78 is 38.6. The number of benzene rings is 1. The van der Waals surface area contributed by atoms with Crippen LogP contribution in [0.1, 0.15) is 57.2 Å². The number of rotatable bonds is 6. The van der Waals surface area contributed by atoms with Gasteiger partial charge >= 0.3 is 6.18 Å². The SMILES string of the molecule is CC(C)(C)C[C@@H](Nc1cc(N2CCCC2c2ccc(C(F)(F)F)cc2)ncn1)C(N)=O. The fraction of sp³-hybridized carbons (Fsp3) is 0.500. The van der Waals surface area contributed by atoms with Crippen molar-refractivity contribution in [3.63, 3.8) is 0 Å². The topological polar surface area (TPSA) is 84.1 Å². The van der Waals surface area contributed by atoms with Crippen molar-refractivity contribution >= 4 is 17.5 Å². The van der Waals surface area contributed by atoms with Gasteiger partial charge in [-0.2, -0.15) is 13.2 Å². The first-order valence-corrected chi connectivity index (χ1v) is 10.3. The van der Waals surface area contributed by atoms with E-state index in [-0.39, 0.29) is 11.5 Å². The summed E-state index contributed by atoms with van der Waals surface area (Å²) in [5.74, 6) is 0.675. The maximum atomic E-state index is 12.9. The van der Waals surface area contributed by atoms with Gasteiger partial charge in [0.05, 0.1) is 11.6 Å². The predicted molar refractivity (Wildman–Crippen MR) is 113 cm³/mol. The number of nitrogens with two attached hydrogens (primary N) is 1. The molecule has 168 valence electrons. The molecule has 1 amide bonds. The van der Waals surface area contributed by atoms with Crippen molar-refractivity contribution in [1.82, 2.24) is 9.97 Å². The first kappa shape index (κ1) is 22.8. The molecule has 0 spiro atoms. The Morgan fingerprint density at radius 2 is 1.90 bits per heavy atom. The molecule has 1 fully saturated rings. The van der Waals surface area contributed by atoms with Gasteiger partial charge in [0.2, 0.25) is 5.91 Å². The minimum atomic E-state index is -4.36. The average molecular weight is 435 g/mol. The van der Waals surface area contributed by atoms with Crippen molar-refractivity contribution in [1.29, 1.82) is 0 Å². The summed E-state index contributed by atoms with van der Waals surface area (Å²) in [6.07, 6.45) is -0.696. The number of carbonyl (C=O) groups is 1. The summed E-state index contributed by atoms with van der Waals surface area (Å²) in [6, 6.07) is 6.38. The van der Waals surface area contributed by atoms with Crippen molar-refractivity contribution < 1.29 is 18.0 Å². The smallest absolute Gasteiger partial charge is 0.368 e. The molecule has 1 saturated heterocycles. The second-order valence-corrected chi connectivity index (χ2v) is 9.10. The number of hydrogen-bond donors (Lipinski definition) is 2. The number of aromatic nitrogens is 2. The highest BCUT2D eigenvalue weighted by Gasteiger charge is 2.32. The number of hydrogen-bond acceptors (Lipinski definition) is 5. The van der Waals surface area contributed by atoms with Crippen LogP contribution in [0.25, 0.3) is 0 Å². The second kappa shape index (κ2) is 8.72. The molecule has 1 aromatic heterocycles. The zero-order valence-corrected chi connectivity index (χ0v) is 17.9. The molecule has 1 aliphatic heterocycles.